The van der Waals surface area contributed by atoms with Gasteiger partial charge >= 0.3 is 6.03 Å². The van der Waals surface area contributed by atoms with Crippen molar-refractivity contribution >= 4 is 17.6 Å². The van der Waals surface area contributed by atoms with Crippen LogP contribution >= 0.6 is 0 Å². The number of benzene rings is 1. The van der Waals surface area contributed by atoms with Crippen LogP contribution in [0.2, 0.25) is 0 Å². The molecule has 0 aliphatic carbocycles. The number of rotatable bonds is 5. The molecule has 132 valence electrons. The average molecular weight is 341 g/mol. The van der Waals surface area contributed by atoms with E-state index in [0.717, 1.165) is 37.5 Å². The van der Waals surface area contributed by atoms with Gasteiger partial charge in [-0.2, -0.15) is 0 Å². The van der Waals surface area contributed by atoms with Crippen molar-refractivity contribution in [3.05, 3.63) is 29.8 Å². The second-order valence-electron chi connectivity index (χ2n) is 5.91. The molecule has 6 nitrogen and oxygen atoms in total. The summed E-state index contributed by atoms with van der Waals surface area (Å²) in [5.74, 6) is -1.28. The molecule has 3 amide bonds. The molecule has 1 aromatic carbocycles. The third-order valence-electron chi connectivity index (χ3n) is 4.21. The van der Waals surface area contributed by atoms with Gasteiger partial charge in [0, 0.05) is 25.6 Å². The van der Waals surface area contributed by atoms with E-state index in [1.165, 1.54) is 0 Å². The smallest absolute Gasteiger partial charge is 0.321 e. The number of carbonyl (C=O) groups excluding carboxylic acids is 2. The van der Waals surface area contributed by atoms with E-state index in [0.29, 0.717) is 25.4 Å². The summed E-state index contributed by atoms with van der Waals surface area (Å²) in [5.41, 5.74) is 1.43. The van der Waals surface area contributed by atoms with Crippen LogP contribution in [0.1, 0.15) is 32.1 Å². The second-order valence-corrected chi connectivity index (χ2v) is 5.91. The number of halogens is 2. The van der Waals surface area contributed by atoms with Crippen molar-refractivity contribution in [1.29, 1.82) is 0 Å². The Hall–Kier alpha value is -2.22. The highest BCUT2D eigenvalue weighted by Gasteiger charge is 2.23. The predicted octanol–water partition coefficient (Wildman–Crippen LogP) is 2.88. The molecule has 24 heavy (non-hydrogen) atoms. The Morgan fingerprint density at radius 3 is 2.62 bits per heavy atom. The van der Waals surface area contributed by atoms with Gasteiger partial charge in [-0.05, 0) is 43.7 Å². The molecule has 1 aliphatic rings. The van der Waals surface area contributed by atoms with Crippen LogP contribution in [0.4, 0.5) is 19.3 Å². The summed E-state index contributed by atoms with van der Waals surface area (Å²) in [6.07, 6.45) is 3.38. The fourth-order valence-electron chi connectivity index (χ4n) is 2.82. The van der Waals surface area contributed by atoms with Crippen LogP contribution in [-0.4, -0.2) is 35.1 Å². The SMILES string of the molecule is O=C(CCCC1CCN(C(=O)Nc2cc(F)ccc2F)CC1)NO. The average Bonchev–Trinajstić information content (AvgIpc) is 2.58. The molecule has 0 spiro atoms. The fraction of sp³-hybridized carbons (Fsp3) is 0.500. The minimum atomic E-state index is -0.679. The Labute approximate surface area is 138 Å². The van der Waals surface area contributed by atoms with E-state index in [2.05, 4.69) is 5.32 Å². The predicted molar refractivity (Wildman–Crippen MR) is 83.5 cm³/mol. The molecule has 0 bridgehead atoms. The molecule has 1 fully saturated rings. The highest BCUT2D eigenvalue weighted by Crippen LogP contribution is 2.23. The van der Waals surface area contributed by atoms with Crippen molar-refractivity contribution in [3.63, 3.8) is 0 Å². The second kappa shape index (κ2) is 8.58. The van der Waals surface area contributed by atoms with E-state index >= 15 is 0 Å². The van der Waals surface area contributed by atoms with Crippen LogP contribution in [0.5, 0.6) is 0 Å². The summed E-state index contributed by atoms with van der Waals surface area (Å²) in [6, 6.07) is 2.47. The van der Waals surface area contributed by atoms with Gasteiger partial charge in [0.05, 0.1) is 5.69 Å². The maximum atomic E-state index is 13.5. The van der Waals surface area contributed by atoms with Crippen LogP contribution in [0.25, 0.3) is 0 Å². The molecule has 0 unspecified atom stereocenters. The van der Waals surface area contributed by atoms with E-state index < -0.39 is 23.6 Å². The summed E-state index contributed by atoms with van der Waals surface area (Å²) in [6.45, 7) is 1.05. The number of anilines is 1. The number of urea groups is 1. The lowest BCUT2D eigenvalue weighted by molar-refractivity contribution is -0.129. The van der Waals surface area contributed by atoms with E-state index in [-0.39, 0.29) is 12.1 Å². The molecule has 0 radical (unpaired) electrons. The van der Waals surface area contributed by atoms with Crippen LogP contribution in [0, 0.1) is 17.6 Å². The minimum Gasteiger partial charge on any atom is -0.325 e. The van der Waals surface area contributed by atoms with Crippen molar-refractivity contribution in [1.82, 2.24) is 10.4 Å². The van der Waals surface area contributed by atoms with Crippen molar-refractivity contribution in [3.8, 4) is 0 Å². The van der Waals surface area contributed by atoms with Crippen LogP contribution in [0.3, 0.4) is 0 Å². The standard InChI is InChI=1S/C16H21F2N3O3/c17-12-4-5-13(18)14(10-12)19-16(23)21-8-6-11(7-9-21)2-1-3-15(22)20-24/h4-5,10-11,24H,1-3,6-9H2,(H,19,23)(H,20,22). The van der Waals surface area contributed by atoms with Gasteiger partial charge in [-0.3, -0.25) is 10.0 Å². The summed E-state index contributed by atoms with van der Waals surface area (Å²) in [4.78, 5) is 24.6. The highest BCUT2D eigenvalue weighted by molar-refractivity contribution is 5.89. The molecule has 0 aromatic heterocycles. The van der Waals surface area contributed by atoms with Gasteiger partial charge in [-0.25, -0.2) is 19.1 Å². The monoisotopic (exact) mass is 341 g/mol. The highest BCUT2D eigenvalue weighted by atomic mass is 19.1. The molecule has 1 aromatic rings. The van der Waals surface area contributed by atoms with Gasteiger partial charge in [0.1, 0.15) is 11.6 Å². The molecule has 0 saturated carbocycles. The van der Waals surface area contributed by atoms with Crippen molar-refractivity contribution < 1.29 is 23.6 Å². The van der Waals surface area contributed by atoms with Crippen molar-refractivity contribution in [2.45, 2.75) is 32.1 Å². The zero-order valence-corrected chi connectivity index (χ0v) is 13.2. The quantitative estimate of drug-likeness (QED) is 0.569. The van der Waals surface area contributed by atoms with Gasteiger partial charge in [0.2, 0.25) is 5.91 Å². The first-order valence-electron chi connectivity index (χ1n) is 7.93. The van der Waals surface area contributed by atoms with Crippen LogP contribution < -0.4 is 10.8 Å². The number of nitrogens with zero attached hydrogens (tertiary/aromatic N) is 1. The lowest BCUT2D eigenvalue weighted by Crippen LogP contribution is -2.41. The number of amides is 3. The van der Waals surface area contributed by atoms with Gasteiger partial charge in [-0.15, -0.1) is 0 Å². The van der Waals surface area contributed by atoms with Crippen molar-refractivity contribution in [2.75, 3.05) is 18.4 Å². The topological polar surface area (TPSA) is 81.7 Å². The summed E-state index contributed by atoms with van der Waals surface area (Å²) < 4.78 is 26.7. The van der Waals surface area contributed by atoms with Crippen LogP contribution in [0.15, 0.2) is 18.2 Å². The number of nitrogens with one attached hydrogen (secondary N) is 2. The van der Waals surface area contributed by atoms with Gasteiger partial charge < -0.3 is 10.2 Å². The number of carbonyl (C=O) groups is 2. The number of hydroxylamine groups is 1. The summed E-state index contributed by atoms with van der Waals surface area (Å²) in [5, 5.41) is 10.8. The number of likely N-dealkylation sites (tertiary alicyclic amines) is 1. The molecule has 0 atom stereocenters. The van der Waals surface area contributed by atoms with E-state index in [9.17, 15) is 18.4 Å². The Kier molecular flexibility index (Phi) is 6.48. The summed E-state index contributed by atoms with van der Waals surface area (Å²) in [7, 11) is 0. The molecule has 8 heteroatoms. The zero-order chi connectivity index (χ0) is 17.5. The number of hydrogen-bond donors (Lipinski definition) is 3. The van der Waals surface area contributed by atoms with Crippen LogP contribution in [-0.2, 0) is 4.79 Å². The third-order valence-corrected chi connectivity index (χ3v) is 4.21. The zero-order valence-electron chi connectivity index (χ0n) is 13.2. The lowest BCUT2D eigenvalue weighted by atomic mass is 9.91. The molecule has 1 aliphatic heterocycles. The number of hydrogen-bond acceptors (Lipinski definition) is 3. The third kappa shape index (κ3) is 5.16. The van der Waals surface area contributed by atoms with Crippen molar-refractivity contribution in [2.24, 2.45) is 5.92 Å². The maximum Gasteiger partial charge on any atom is 0.321 e. The first-order valence-corrected chi connectivity index (χ1v) is 7.93. The Morgan fingerprint density at radius 1 is 1.25 bits per heavy atom. The number of piperidine rings is 1. The van der Waals surface area contributed by atoms with E-state index in [1.807, 2.05) is 0 Å². The first kappa shape index (κ1) is 18.1. The largest absolute Gasteiger partial charge is 0.325 e. The Bertz CT molecular complexity index is 590. The van der Waals surface area contributed by atoms with E-state index in [4.69, 9.17) is 5.21 Å². The van der Waals surface area contributed by atoms with Gasteiger partial charge in [-0.1, -0.05) is 0 Å². The summed E-state index contributed by atoms with van der Waals surface area (Å²) >= 11 is 0. The van der Waals surface area contributed by atoms with Gasteiger partial charge in [0.25, 0.3) is 0 Å². The lowest BCUT2D eigenvalue weighted by Gasteiger charge is -2.32. The molecule has 1 heterocycles. The molecular weight excluding hydrogens is 320 g/mol. The molecule has 3 N–H and O–H groups in total. The maximum absolute atomic E-state index is 13.5. The molecule has 1 saturated heterocycles. The fourth-order valence-corrected chi connectivity index (χ4v) is 2.82. The Morgan fingerprint density at radius 2 is 1.96 bits per heavy atom. The Balaban J connectivity index is 1.76. The first-order chi connectivity index (χ1) is 11.5. The van der Waals surface area contributed by atoms with E-state index in [1.54, 1.807) is 10.4 Å². The minimum absolute atomic E-state index is 0.169. The molecular formula is C16H21F2N3O3. The normalized spacial score (nSPS) is 15.2. The molecule has 2 rings (SSSR count). The van der Waals surface area contributed by atoms with Gasteiger partial charge in [0.15, 0.2) is 0 Å².